The number of fused-ring (bicyclic) bond motifs is 1. The third-order valence-corrected chi connectivity index (χ3v) is 6.14. The number of piperidine rings is 1. The Labute approximate surface area is 115 Å². The van der Waals surface area contributed by atoms with Gasteiger partial charge in [0.05, 0.1) is 0 Å². The Morgan fingerprint density at radius 1 is 1.26 bits per heavy atom. The topological polar surface area (TPSA) is 23.5 Å². The second-order valence-electron chi connectivity index (χ2n) is 6.81. The third-order valence-electron chi connectivity index (χ3n) is 6.14. The van der Waals surface area contributed by atoms with Gasteiger partial charge in [-0.3, -0.25) is 0 Å². The van der Waals surface area contributed by atoms with Gasteiger partial charge in [0.1, 0.15) is 5.75 Å². The summed E-state index contributed by atoms with van der Waals surface area (Å²) in [5.41, 5.74) is 3.11. The molecular formula is C17H23NO. The van der Waals surface area contributed by atoms with E-state index < -0.39 is 0 Å². The Morgan fingerprint density at radius 2 is 2.16 bits per heavy atom. The van der Waals surface area contributed by atoms with E-state index in [1.165, 1.54) is 49.8 Å². The Morgan fingerprint density at radius 3 is 3.05 bits per heavy atom. The highest BCUT2D eigenvalue weighted by atomic mass is 16.3. The van der Waals surface area contributed by atoms with Crippen LogP contribution in [0.2, 0.25) is 0 Å². The predicted molar refractivity (Wildman–Crippen MR) is 76.5 cm³/mol. The van der Waals surface area contributed by atoms with Crippen molar-refractivity contribution in [3.63, 3.8) is 0 Å². The zero-order valence-corrected chi connectivity index (χ0v) is 11.7. The van der Waals surface area contributed by atoms with E-state index in [1.807, 2.05) is 12.1 Å². The third kappa shape index (κ3) is 1.47. The van der Waals surface area contributed by atoms with Crippen LogP contribution in [0.25, 0.3) is 0 Å². The van der Waals surface area contributed by atoms with Gasteiger partial charge in [-0.1, -0.05) is 25.0 Å². The summed E-state index contributed by atoms with van der Waals surface area (Å²) in [6, 6.07) is 6.87. The highest BCUT2D eigenvalue weighted by molar-refractivity contribution is 5.48. The van der Waals surface area contributed by atoms with Gasteiger partial charge in [-0.05, 0) is 62.4 Å². The Hall–Kier alpha value is -1.02. The Balaban J connectivity index is 1.92. The summed E-state index contributed by atoms with van der Waals surface area (Å²) in [7, 11) is 2.27. The van der Waals surface area contributed by atoms with Gasteiger partial charge in [0.2, 0.25) is 0 Å². The molecule has 0 spiro atoms. The molecule has 2 fully saturated rings. The van der Waals surface area contributed by atoms with E-state index in [0.717, 1.165) is 12.3 Å². The average molecular weight is 257 g/mol. The molecule has 1 saturated carbocycles. The van der Waals surface area contributed by atoms with Crippen LogP contribution in [0.15, 0.2) is 18.2 Å². The molecule has 3 atom stereocenters. The maximum atomic E-state index is 10.3. The second kappa shape index (κ2) is 3.99. The number of nitrogens with zero attached hydrogens (tertiary/aromatic N) is 1. The summed E-state index contributed by atoms with van der Waals surface area (Å²) in [5.74, 6) is 1.34. The van der Waals surface area contributed by atoms with Gasteiger partial charge in [-0.15, -0.1) is 0 Å². The summed E-state index contributed by atoms with van der Waals surface area (Å²) in [4.78, 5) is 2.55. The molecule has 2 nitrogen and oxygen atoms in total. The number of hydrogen-bond donors (Lipinski definition) is 1. The molecule has 1 N–H and O–H groups in total. The average Bonchev–Trinajstić information content (AvgIpc) is 2.44. The fraction of sp³-hybridized carbons (Fsp3) is 0.647. The quantitative estimate of drug-likeness (QED) is 0.772. The lowest BCUT2D eigenvalue weighted by Crippen LogP contribution is -2.59. The van der Waals surface area contributed by atoms with Gasteiger partial charge in [-0.2, -0.15) is 0 Å². The molecule has 0 unspecified atom stereocenters. The van der Waals surface area contributed by atoms with Gasteiger partial charge in [0, 0.05) is 11.5 Å². The zero-order chi connectivity index (χ0) is 13.0. The van der Waals surface area contributed by atoms with Gasteiger partial charge in [0.25, 0.3) is 0 Å². The van der Waals surface area contributed by atoms with Crippen molar-refractivity contribution in [1.82, 2.24) is 4.90 Å². The van der Waals surface area contributed by atoms with Crippen molar-refractivity contribution in [3.05, 3.63) is 29.3 Å². The van der Waals surface area contributed by atoms with E-state index in [9.17, 15) is 5.11 Å². The molecule has 1 aliphatic heterocycles. The maximum absolute atomic E-state index is 10.3. The minimum absolute atomic E-state index is 0.377. The molecule has 2 bridgehead atoms. The highest BCUT2D eigenvalue weighted by Crippen LogP contribution is 2.56. The first-order valence-electron chi connectivity index (χ1n) is 7.74. The number of likely N-dealkylation sites (N-methyl/N-ethyl adjacent to an activating group) is 1. The molecule has 0 radical (unpaired) electrons. The molecule has 1 heterocycles. The van der Waals surface area contributed by atoms with Crippen LogP contribution in [0.4, 0.5) is 0 Å². The SMILES string of the molecule is CN1CC[C@]23CCCC[C@H]2[C@H]1Cc1c(O)cccc13. The van der Waals surface area contributed by atoms with Crippen LogP contribution >= 0.6 is 0 Å². The lowest BCUT2D eigenvalue weighted by molar-refractivity contribution is 0.00228. The molecule has 2 aliphatic carbocycles. The number of hydrogen-bond acceptors (Lipinski definition) is 2. The molecule has 2 heteroatoms. The maximum Gasteiger partial charge on any atom is 0.119 e. The number of phenols is 1. The molecule has 0 amide bonds. The molecule has 1 saturated heterocycles. The van der Waals surface area contributed by atoms with Crippen molar-refractivity contribution in [2.45, 2.75) is 50.0 Å². The summed E-state index contributed by atoms with van der Waals surface area (Å²) in [5, 5.41) is 10.3. The van der Waals surface area contributed by atoms with Crippen LogP contribution in [0.3, 0.4) is 0 Å². The number of aromatic hydroxyl groups is 1. The van der Waals surface area contributed by atoms with E-state index in [0.29, 0.717) is 17.2 Å². The van der Waals surface area contributed by atoms with Crippen molar-refractivity contribution >= 4 is 0 Å². The molecular weight excluding hydrogens is 234 g/mol. The number of benzene rings is 1. The van der Waals surface area contributed by atoms with Crippen molar-refractivity contribution < 1.29 is 5.11 Å². The van der Waals surface area contributed by atoms with Crippen LogP contribution in [0, 0.1) is 5.92 Å². The molecule has 1 aromatic carbocycles. The first-order chi connectivity index (χ1) is 9.22. The van der Waals surface area contributed by atoms with Crippen LogP contribution in [0.1, 0.15) is 43.2 Å². The lowest BCUT2D eigenvalue weighted by atomic mass is 9.52. The van der Waals surface area contributed by atoms with E-state index in [2.05, 4.69) is 18.0 Å². The first kappa shape index (κ1) is 11.8. The minimum Gasteiger partial charge on any atom is -0.508 e. The highest BCUT2D eigenvalue weighted by Gasteiger charge is 2.53. The minimum atomic E-state index is 0.377. The predicted octanol–water partition coefficient (Wildman–Crippen LogP) is 3.08. The van der Waals surface area contributed by atoms with Gasteiger partial charge >= 0.3 is 0 Å². The lowest BCUT2D eigenvalue weighted by Gasteiger charge is -2.58. The second-order valence-corrected chi connectivity index (χ2v) is 6.81. The fourth-order valence-corrected chi connectivity index (χ4v) is 5.22. The smallest absolute Gasteiger partial charge is 0.119 e. The Kier molecular flexibility index (Phi) is 2.47. The zero-order valence-electron chi connectivity index (χ0n) is 11.7. The molecule has 0 aromatic heterocycles. The monoisotopic (exact) mass is 257 g/mol. The summed E-state index contributed by atoms with van der Waals surface area (Å²) in [6.07, 6.45) is 7.79. The van der Waals surface area contributed by atoms with Gasteiger partial charge < -0.3 is 10.0 Å². The van der Waals surface area contributed by atoms with Gasteiger partial charge in [-0.25, -0.2) is 0 Å². The van der Waals surface area contributed by atoms with Crippen molar-refractivity contribution in [2.75, 3.05) is 13.6 Å². The van der Waals surface area contributed by atoms with Crippen LogP contribution in [-0.4, -0.2) is 29.6 Å². The van der Waals surface area contributed by atoms with E-state index >= 15 is 0 Å². The van der Waals surface area contributed by atoms with E-state index in [-0.39, 0.29) is 0 Å². The van der Waals surface area contributed by atoms with E-state index in [1.54, 1.807) is 0 Å². The first-order valence-corrected chi connectivity index (χ1v) is 7.74. The Bertz CT molecular complexity index is 512. The fourth-order valence-electron chi connectivity index (χ4n) is 5.22. The molecule has 102 valence electrons. The van der Waals surface area contributed by atoms with Crippen LogP contribution in [0.5, 0.6) is 5.75 Å². The van der Waals surface area contributed by atoms with Crippen LogP contribution in [-0.2, 0) is 11.8 Å². The molecule has 1 aromatic rings. The summed E-state index contributed by atoms with van der Waals surface area (Å²) in [6.45, 7) is 1.22. The van der Waals surface area contributed by atoms with Crippen molar-refractivity contribution in [2.24, 2.45) is 5.92 Å². The number of phenolic OH excluding ortho intramolecular Hbond substituents is 1. The normalized spacial score (nSPS) is 37.5. The molecule has 3 aliphatic rings. The standard InChI is InChI=1S/C17H23NO/c1-18-10-9-17-8-3-2-5-14(17)15(18)11-12-13(17)6-4-7-16(12)19/h4,6-7,14-15,19H,2-3,5,8-11H2,1H3/t14-,15+,17-/m0/s1. The van der Waals surface area contributed by atoms with Crippen molar-refractivity contribution in [3.8, 4) is 5.75 Å². The molecule has 19 heavy (non-hydrogen) atoms. The largest absolute Gasteiger partial charge is 0.508 e. The van der Waals surface area contributed by atoms with E-state index in [4.69, 9.17) is 0 Å². The summed E-state index contributed by atoms with van der Waals surface area (Å²) < 4.78 is 0. The molecule has 4 rings (SSSR count). The van der Waals surface area contributed by atoms with Crippen molar-refractivity contribution in [1.29, 1.82) is 0 Å². The van der Waals surface area contributed by atoms with Crippen LogP contribution < -0.4 is 0 Å². The summed E-state index contributed by atoms with van der Waals surface area (Å²) >= 11 is 0. The number of likely N-dealkylation sites (tertiary alicyclic amines) is 1. The van der Waals surface area contributed by atoms with Gasteiger partial charge in [0.15, 0.2) is 0 Å². The number of rotatable bonds is 0.